The summed E-state index contributed by atoms with van der Waals surface area (Å²) >= 11 is 5.95. The third kappa shape index (κ3) is 2.97. The molecule has 21 heavy (non-hydrogen) atoms. The summed E-state index contributed by atoms with van der Waals surface area (Å²) < 4.78 is 0. The normalized spacial score (nSPS) is 20.4. The zero-order valence-corrected chi connectivity index (χ0v) is 13.6. The highest BCUT2D eigenvalue weighted by Crippen LogP contribution is 2.26. The van der Waals surface area contributed by atoms with Crippen LogP contribution in [0.15, 0.2) is 24.3 Å². The minimum absolute atomic E-state index is 0.0112. The van der Waals surface area contributed by atoms with Gasteiger partial charge in [-0.3, -0.25) is 14.5 Å². The zero-order chi connectivity index (χ0) is 15.8. The van der Waals surface area contributed by atoms with E-state index in [9.17, 15) is 9.59 Å². The number of hydrogen-bond donors (Lipinski definition) is 0. The first-order valence-electron chi connectivity index (χ1n) is 7.07. The Balaban J connectivity index is 2.25. The summed E-state index contributed by atoms with van der Waals surface area (Å²) in [6, 6.07) is 6.58. The molecule has 0 aliphatic carbocycles. The van der Waals surface area contributed by atoms with E-state index < -0.39 is 5.54 Å². The van der Waals surface area contributed by atoms with Crippen molar-refractivity contribution >= 4 is 23.3 Å². The van der Waals surface area contributed by atoms with Crippen LogP contribution in [0.5, 0.6) is 0 Å². The first-order chi connectivity index (χ1) is 9.75. The Morgan fingerprint density at radius 3 is 2.62 bits per heavy atom. The van der Waals surface area contributed by atoms with E-state index in [-0.39, 0.29) is 17.7 Å². The quantitative estimate of drug-likeness (QED) is 0.805. The lowest BCUT2D eigenvalue weighted by molar-refractivity contribution is -0.148. The number of hydrogen-bond acceptors (Lipinski definition) is 3. The maximum Gasteiger partial charge on any atom is 0.242 e. The van der Waals surface area contributed by atoms with Crippen LogP contribution in [0.3, 0.4) is 0 Å². The van der Waals surface area contributed by atoms with Crippen molar-refractivity contribution in [2.24, 2.45) is 0 Å². The monoisotopic (exact) mass is 308 g/mol. The molecule has 1 fully saturated rings. The maximum atomic E-state index is 12.6. The molecule has 1 heterocycles. The number of Topliss-reactive ketones (excluding diaryl/α,β-unsaturated/α-hetero) is 1. The Kier molecular flexibility index (Phi) is 4.40. The standard InChI is InChI=1S/C16H21ClN2O2/c1-11(14(20)12-6-5-7-13(17)10-12)19-9-8-18(4)15(21)16(19,2)3/h5-7,10-11H,8-9H2,1-4H3. The molecule has 1 atom stereocenters. The van der Waals surface area contributed by atoms with Crippen molar-refractivity contribution in [1.82, 2.24) is 9.80 Å². The van der Waals surface area contributed by atoms with E-state index in [1.807, 2.05) is 25.7 Å². The molecule has 0 bridgehead atoms. The molecule has 1 amide bonds. The molecule has 0 aromatic heterocycles. The topological polar surface area (TPSA) is 40.6 Å². The fraction of sp³-hybridized carbons (Fsp3) is 0.500. The highest BCUT2D eigenvalue weighted by molar-refractivity contribution is 6.31. The number of carbonyl (C=O) groups excluding carboxylic acids is 2. The molecule has 1 unspecified atom stereocenters. The van der Waals surface area contributed by atoms with Crippen molar-refractivity contribution < 1.29 is 9.59 Å². The summed E-state index contributed by atoms with van der Waals surface area (Å²) in [6.45, 7) is 6.90. The highest BCUT2D eigenvalue weighted by atomic mass is 35.5. The van der Waals surface area contributed by atoms with Crippen LogP contribution in [-0.4, -0.2) is 53.2 Å². The van der Waals surface area contributed by atoms with Gasteiger partial charge >= 0.3 is 0 Å². The number of ketones is 1. The van der Waals surface area contributed by atoms with E-state index in [4.69, 9.17) is 11.6 Å². The molecule has 2 rings (SSSR count). The van der Waals surface area contributed by atoms with E-state index in [0.717, 1.165) is 0 Å². The van der Waals surface area contributed by atoms with Gasteiger partial charge in [0.2, 0.25) is 5.91 Å². The number of rotatable bonds is 3. The van der Waals surface area contributed by atoms with Crippen LogP contribution in [0.1, 0.15) is 31.1 Å². The van der Waals surface area contributed by atoms with Crippen molar-refractivity contribution in [2.45, 2.75) is 32.4 Å². The molecule has 0 radical (unpaired) electrons. The Bertz CT molecular complexity index is 571. The van der Waals surface area contributed by atoms with Crippen LogP contribution < -0.4 is 0 Å². The molecule has 0 spiro atoms. The third-order valence-electron chi connectivity index (χ3n) is 4.22. The lowest BCUT2D eigenvalue weighted by Gasteiger charge is -2.47. The minimum Gasteiger partial charge on any atom is -0.343 e. The van der Waals surface area contributed by atoms with Gasteiger partial charge < -0.3 is 4.90 Å². The van der Waals surface area contributed by atoms with Gasteiger partial charge in [-0.15, -0.1) is 0 Å². The van der Waals surface area contributed by atoms with Gasteiger partial charge in [0.15, 0.2) is 5.78 Å². The molecule has 0 saturated carbocycles. The molecule has 0 N–H and O–H groups in total. The largest absolute Gasteiger partial charge is 0.343 e. The summed E-state index contributed by atoms with van der Waals surface area (Å²) in [6.07, 6.45) is 0. The van der Waals surface area contributed by atoms with Crippen molar-refractivity contribution in [3.63, 3.8) is 0 Å². The average molecular weight is 309 g/mol. The summed E-state index contributed by atoms with van der Waals surface area (Å²) in [5.74, 6) is 0.0300. The van der Waals surface area contributed by atoms with Crippen LogP contribution in [0.25, 0.3) is 0 Å². The summed E-state index contributed by atoms with van der Waals surface area (Å²) in [4.78, 5) is 28.7. The summed E-state index contributed by atoms with van der Waals surface area (Å²) in [5.41, 5.74) is -0.0992. The molecule has 114 valence electrons. The van der Waals surface area contributed by atoms with E-state index in [1.165, 1.54) is 0 Å². The summed E-state index contributed by atoms with van der Waals surface area (Å²) in [5, 5.41) is 0.543. The third-order valence-corrected chi connectivity index (χ3v) is 4.46. The predicted molar refractivity (Wildman–Crippen MR) is 83.7 cm³/mol. The van der Waals surface area contributed by atoms with Gasteiger partial charge in [-0.1, -0.05) is 23.7 Å². The van der Waals surface area contributed by atoms with Gasteiger partial charge in [0.05, 0.1) is 11.6 Å². The van der Waals surface area contributed by atoms with Gasteiger partial charge in [0.25, 0.3) is 0 Å². The first kappa shape index (κ1) is 16.0. The maximum absolute atomic E-state index is 12.6. The van der Waals surface area contributed by atoms with Crippen LogP contribution >= 0.6 is 11.6 Å². The van der Waals surface area contributed by atoms with E-state index in [2.05, 4.69) is 0 Å². The van der Waals surface area contributed by atoms with Gasteiger partial charge in [-0.05, 0) is 32.9 Å². The predicted octanol–water partition coefficient (Wildman–Crippen LogP) is 2.46. The average Bonchev–Trinajstić information content (AvgIpc) is 2.43. The van der Waals surface area contributed by atoms with Crippen molar-refractivity contribution in [1.29, 1.82) is 0 Å². The van der Waals surface area contributed by atoms with E-state index in [1.54, 1.807) is 36.2 Å². The first-order valence-corrected chi connectivity index (χ1v) is 7.45. The number of amides is 1. The molecule has 4 nitrogen and oxygen atoms in total. The lowest BCUT2D eigenvalue weighted by atomic mass is 9.93. The fourth-order valence-corrected chi connectivity index (χ4v) is 3.12. The molecular weight excluding hydrogens is 288 g/mol. The van der Waals surface area contributed by atoms with Gasteiger partial charge in [0.1, 0.15) is 0 Å². The SMILES string of the molecule is CC(C(=O)c1cccc(Cl)c1)N1CCN(C)C(=O)C1(C)C. The molecule has 1 aliphatic rings. The number of carbonyl (C=O) groups is 2. The number of halogens is 1. The Hall–Kier alpha value is -1.39. The van der Waals surface area contributed by atoms with Crippen molar-refractivity contribution in [3.05, 3.63) is 34.9 Å². The van der Waals surface area contributed by atoms with Crippen LogP contribution in [0.4, 0.5) is 0 Å². The smallest absolute Gasteiger partial charge is 0.242 e. The van der Waals surface area contributed by atoms with Crippen LogP contribution in [-0.2, 0) is 4.79 Å². The number of piperazine rings is 1. The Morgan fingerprint density at radius 2 is 2.00 bits per heavy atom. The molecule has 1 aliphatic heterocycles. The Labute approximate surface area is 130 Å². The summed E-state index contributed by atoms with van der Waals surface area (Å²) in [7, 11) is 1.80. The second-order valence-electron chi connectivity index (χ2n) is 6.03. The van der Waals surface area contributed by atoms with Crippen molar-refractivity contribution in [3.8, 4) is 0 Å². The van der Waals surface area contributed by atoms with Crippen molar-refractivity contribution in [2.75, 3.05) is 20.1 Å². The van der Waals surface area contributed by atoms with Gasteiger partial charge in [-0.2, -0.15) is 0 Å². The minimum atomic E-state index is -0.680. The Morgan fingerprint density at radius 1 is 1.33 bits per heavy atom. The molecular formula is C16H21ClN2O2. The number of likely N-dealkylation sites (N-methyl/N-ethyl adjacent to an activating group) is 1. The molecule has 1 aromatic carbocycles. The second kappa shape index (κ2) is 5.78. The highest BCUT2D eigenvalue weighted by Gasteiger charge is 2.44. The lowest BCUT2D eigenvalue weighted by Crippen LogP contribution is -2.65. The van der Waals surface area contributed by atoms with Gasteiger partial charge in [0, 0.05) is 30.7 Å². The molecule has 5 heteroatoms. The van der Waals surface area contributed by atoms with Crippen LogP contribution in [0.2, 0.25) is 5.02 Å². The van der Waals surface area contributed by atoms with E-state index >= 15 is 0 Å². The molecule has 1 saturated heterocycles. The number of nitrogens with zero attached hydrogens (tertiary/aromatic N) is 2. The zero-order valence-electron chi connectivity index (χ0n) is 12.9. The molecule has 1 aromatic rings. The number of benzene rings is 1. The van der Waals surface area contributed by atoms with Crippen LogP contribution in [0, 0.1) is 0 Å². The second-order valence-corrected chi connectivity index (χ2v) is 6.47. The fourth-order valence-electron chi connectivity index (χ4n) is 2.93. The van der Waals surface area contributed by atoms with Gasteiger partial charge in [-0.25, -0.2) is 0 Å². The van der Waals surface area contributed by atoms with E-state index in [0.29, 0.717) is 23.7 Å².